The maximum absolute atomic E-state index is 12.0. The zero-order chi connectivity index (χ0) is 16.8. The number of hydrogen-bond acceptors (Lipinski definition) is 3. The van der Waals surface area contributed by atoms with Crippen LogP contribution in [-0.2, 0) is 9.59 Å². The minimum atomic E-state index is -0.0451. The molecule has 2 amide bonds. The van der Waals surface area contributed by atoms with Gasteiger partial charge in [-0.2, -0.15) is 0 Å². The molecule has 1 fully saturated rings. The van der Waals surface area contributed by atoms with Crippen molar-refractivity contribution in [2.24, 2.45) is 0 Å². The van der Waals surface area contributed by atoms with Gasteiger partial charge in [0.1, 0.15) is 0 Å². The summed E-state index contributed by atoms with van der Waals surface area (Å²) in [6.45, 7) is 1.95. The summed E-state index contributed by atoms with van der Waals surface area (Å²) in [5, 5.41) is 3.07. The third kappa shape index (κ3) is 4.98. The van der Waals surface area contributed by atoms with Crippen LogP contribution in [0.4, 0.5) is 11.4 Å². The lowest BCUT2D eigenvalue weighted by molar-refractivity contribution is -0.121. The molecule has 0 unspecified atom stereocenters. The Labute approximate surface area is 138 Å². The molecular weight excluding hydrogens is 290 g/mol. The van der Waals surface area contributed by atoms with E-state index in [1.54, 1.807) is 4.90 Å². The van der Waals surface area contributed by atoms with Crippen molar-refractivity contribution in [3.05, 3.63) is 24.3 Å². The Hall–Kier alpha value is -2.04. The largest absolute Gasteiger partial charge is 0.378 e. The average Bonchev–Trinajstić information content (AvgIpc) is 3.00. The second kappa shape index (κ2) is 7.99. The number of carbonyl (C=O) groups is 2. The molecule has 0 aromatic heterocycles. The molecule has 0 heterocycles. The topological polar surface area (TPSA) is 52.7 Å². The van der Waals surface area contributed by atoms with Gasteiger partial charge in [-0.1, -0.05) is 12.8 Å². The predicted molar refractivity (Wildman–Crippen MR) is 93.8 cm³/mol. The molecule has 2 rings (SSSR count). The van der Waals surface area contributed by atoms with Gasteiger partial charge in [-0.25, -0.2) is 0 Å². The van der Waals surface area contributed by atoms with Crippen LogP contribution in [0, 0.1) is 0 Å². The Morgan fingerprint density at radius 2 is 1.65 bits per heavy atom. The first-order chi connectivity index (χ1) is 11.0. The van der Waals surface area contributed by atoms with Crippen molar-refractivity contribution in [1.82, 2.24) is 5.32 Å². The van der Waals surface area contributed by atoms with Crippen molar-refractivity contribution in [1.29, 1.82) is 0 Å². The highest BCUT2D eigenvalue weighted by molar-refractivity contribution is 5.92. The SMILES string of the molecule is CC(=O)N(CCC(=O)NC1CCCC1)c1ccc(N(C)C)cc1. The smallest absolute Gasteiger partial charge is 0.223 e. The summed E-state index contributed by atoms with van der Waals surface area (Å²) in [4.78, 5) is 27.6. The minimum absolute atomic E-state index is 0.0352. The van der Waals surface area contributed by atoms with Crippen LogP contribution in [0.1, 0.15) is 39.0 Å². The second-order valence-electron chi connectivity index (χ2n) is 6.38. The quantitative estimate of drug-likeness (QED) is 0.877. The van der Waals surface area contributed by atoms with Gasteiger partial charge >= 0.3 is 0 Å². The van der Waals surface area contributed by atoms with Crippen LogP contribution in [0.25, 0.3) is 0 Å². The van der Waals surface area contributed by atoms with Crippen LogP contribution >= 0.6 is 0 Å². The summed E-state index contributed by atoms with van der Waals surface area (Å²) in [6, 6.07) is 8.12. The van der Waals surface area contributed by atoms with Gasteiger partial charge in [-0.05, 0) is 37.1 Å². The van der Waals surface area contributed by atoms with Crippen LogP contribution in [0.3, 0.4) is 0 Å². The van der Waals surface area contributed by atoms with Crippen molar-refractivity contribution in [2.45, 2.75) is 45.1 Å². The third-order valence-corrected chi connectivity index (χ3v) is 4.34. The minimum Gasteiger partial charge on any atom is -0.378 e. The summed E-state index contributed by atoms with van der Waals surface area (Å²) >= 11 is 0. The second-order valence-corrected chi connectivity index (χ2v) is 6.38. The molecule has 0 aliphatic heterocycles. The van der Waals surface area contributed by atoms with E-state index in [9.17, 15) is 9.59 Å². The predicted octanol–water partition coefficient (Wildman–Crippen LogP) is 2.55. The van der Waals surface area contributed by atoms with Gasteiger partial charge in [0.25, 0.3) is 0 Å². The van der Waals surface area contributed by atoms with E-state index in [4.69, 9.17) is 0 Å². The number of nitrogens with one attached hydrogen (secondary N) is 1. The highest BCUT2D eigenvalue weighted by Crippen LogP contribution is 2.20. The lowest BCUT2D eigenvalue weighted by Gasteiger charge is -2.22. The maximum Gasteiger partial charge on any atom is 0.223 e. The number of hydrogen-bond donors (Lipinski definition) is 1. The van der Waals surface area contributed by atoms with E-state index in [0.717, 1.165) is 24.2 Å². The molecular formula is C18H27N3O2. The summed E-state index contributed by atoms with van der Waals surface area (Å²) < 4.78 is 0. The highest BCUT2D eigenvalue weighted by atomic mass is 16.2. The number of benzene rings is 1. The molecule has 1 aromatic carbocycles. The van der Waals surface area contributed by atoms with Crippen LogP contribution in [0.15, 0.2) is 24.3 Å². The molecule has 0 radical (unpaired) electrons. The van der Waals surface area contributed by atoms with Crippen LogP contribution in [0.2, 0.25) is 0 Å². The standard InChI is InChI=1S/C18H27N3O2/c1-14(22)21(17-10-8-16(9-11-17)20(2)3)13-12-18(23)19-15-6-4-5-7-15/h8-11,15H,4-7,12-13H2,1-3H3,(H,19,23). The maximum atomic E-state index is 12.0. The molecule has 1 saturated carbocycles. The molecule has 1 aliphatic carbocycles. The summed E-state index contributed by atoms with van der Waals surface area (Å²) in [5.41, 5.74) is 1.91. The number of anilines is 2. The van der Waals surface area contributed by atoms with E-state index < -0.39 is 0 Å². The first-order valence-corrected chi connectivity index (χ1v) is 8.32. The van der Waals surface area contributed by atoms with E-state index in [-0.39, 0.29) is 11.8 Å². The Morgan fingerprint density at radius 1 is 1.09 bits per heavy atom. The van der Waals surface area contributed by atoms with Gasteiger partial charge in [0.2, 0.25) is 11.8 Å². The summed E-state index contributed by atoms with van der Waals surface area (Å²) in [6.07, 6.45) is 4.89. The Morgan fingerprint density at radius 3 is 2.17 bits per heavy atom. The first-order valence-electron chi connectivity index (χ1n) is 8.32. The molecule has 126 valence electrons. The lowest BCUT2D eigenvalue weighted by atomic mass is 10.2. The van der Waals surface area contributed by atoms with E-state index >= 15 is 0 Å². The molecule has 5 nitrogen and oxygen atoms in total. The highest BCUT2D eigenvalue weighted by Gasteiger charge is 2.18. The number of rotatable bonds is 6. The molecule has 1 N–H and O–H groups in total. The lowest BCUT2D eigenvalue weighted by Crippen LogP contribution is -2.37. The average molecular weight is 317 g/mol. The van der Waals surface area contributed by atoms with E-state index in [0.29, 0.717) is 19.0 Å². The van der Waals surface area contributed by atoms with Crippen molar-refractivity contribution in [3.8, 4) is 0 Å². The van der Waals surface area contributed by atoms with Crippen LogP contribution in [-0.4, -0.2) is 38.5 Å². The van der Waals surface area contributed by atoms with Crippen LogP contribution < -0.4 is 15.1 Å². The van der Waals surface area contributed by atoms with Crippen molar-refractivity contribution in [2.75, 3.05) is 30.4 Å². The van der Waals surface area contributed by atoms with E-state index in [1.807, 2.05) is 43.3 Å². The Balaban J connectivity index is 1.92. The summed E-state index contributed by atoms with van der Waals surface area (Å²) in [5.74, 6) is -0.00988. The molecule has 0 bridgehead atoms. The number of carbonyl (C=O) groups excluding carboxylic acids is 2. The van der Waals surface area contributed by atoms with Crippen LogP contribution in [0.5, 0.6) is 0 Å². The number of nitrogens with zero attached hydrogens (tertiary/aromatic N) is 2. The van der Waals surface area contributed by atoms with Gasteiger partial charge in [0.05, 0.1) is 0 Å². The van der Waals surface area contributed by atoms with Gasteiger partial charge in [0, 0.05) is 51.4 Å². The third-order valence-electron chi connectivity index (χ3n) is 4.34. The Kier molecular flexibility index (Phi) is 6.02. The molecule has 5 heteroatoms. The fourth-order valence-electron chi connectivity index (χ4n) is 2.98. The monoisotopic (exact) mass is 317 g/mol. The van der Waals surface area contributed by atoms with E-state index in [1.165, 1.54) is 19.8 Å². The van der Waals surface area contributed by atoms with Gasteiger partial charge in [-0.3, -0.25) is 9.59 Å². The van der Waals surface area contributed by atoms with Gasteiger partial charge in [0.15, 0.2) is 0 Å². The zero-order valence-electron chi connectivity index (χ0n) is 14.3. The molecule has 23 heavy (non-hydrogen) atoms. The fourth-order valence-corrected chi connectivity index (χ4v) is 2.98. The van der Waals surface area contributed by atoms with Crippen molar-refractivity contribution >= 4 is 23.2 Å². The number of amides is 2. The first kappa shape index (κ1) is 17.3. The molecule has 0 spiro atoms. The zero-order valence-corrected chi connectivity index (χ0v) is 14.3. The van der Waals surface area contributed by atoms with Crippen molar-refractivity contribution < 1.29 is 9.59 Å². The van der Waals surface area contributed by atoms with Crippen molar-refractivity contribution in [3.63, 3.8) is 0 Å². The summed E-state index contributed by atoms with van der Waals surface area (Å²) in [7, 11) is 3.95. The molecule has 0 atom stereocenters. The fraction of sp³-hybridized carbons (Fsp3) is 0.556. The van der Waals surface area contributed by atoms with Gasteiger partial charge in [-0.15, -0.1) is 0 Å². The van der Waals surface area contributed by atoms with Gasteiger partial charge < -0.3 is 15.1 Å². The van der Waals surface area contributed by atoms with E-state index in [2.05, 4.69) is 5.32 Å². The molecule has 0 saturated heterocycles. The molecule has 1 aromatic rings. The Bertz CT molecular complexity index is 534. The molecule has 1 aliphatic rings. The normalized spacial score (nSPS) is 14.6.